The number of aromatic nitrogens is 1. The van der Waals surface area contributed by atoms with Crippen molar-refractivity contribution in [2.24, 2.45) is 0 Å². The van der Waals surface area contributed by atoms with Crippen LogP contribution >= 0.6 is 0 Å². The van der Waals surface area contributed by atoms with Gasteiger partial charge in [0.1, 0.15) is 11.9 Å². The Bertz CT molecular complexity index is 1470. The molecule has 1 saturated heterocycles. The van der Waals surface area contributed by atoms with E-state index in [-0.39, 0.29) is 24.2 Å². The van der Waals surface area contributed by atoms with Crippen LogP contribution in [0.2, 0.25) is 0 Å². The molecule has 8 heteroatoms. The van der Waals surface area contributed by atoms with E-state index in [1.165, 1.54) is 12.1 Å². The van der Waals surface area contributed by atoms with Crippen molar-refractivity contribution in [1.29, 1.82) is 0 Å². The largest absolute Gasteiger partial charge is 0.458 e. The van der Waals surface area contributed by atoms with Gasteiger partial charge in [0.05, 0.1) is 23.9 Å². The molecule has 2 aliphatic rings. The average Bonchev–Trinajstić information content (AvgIpc) is 3.09. The number of carbonyl (C=O) groups is 2. The molecule has 1 aliphatic carbocycles. The Labute approximate surface area is 233 Å². The molecule has 2 aromatic carbocycles. The number of esters is 1. The van der Waals surface area contributed by atoms with Gasteiger partial charge in [0.15, 0.2) is 0 Å². The Kier molecular flexibility index (Phi) is 7.98. The molecule has 2 atom stereocenters. The van der Waals surface area contributed by atoms with Gasteiger partial charge >= 0.3 is 12.0 Å². The van der Waals surface area contributed by atoms with Crippen molar-refractivity contribution in [1.82, 2.24) is 10.3 Å². The molecule has 0 bridgehead atoms. The molecule has 2 heterocycles. The quantitative estimate of drug-likeness (QED) is 0.343. The van der Waals surface area contributed by atoms with Crippen molar-refractivity contribution in [3.8, 4) is 22.4 Å². The number of rotatable bonds is 5. The highest BCUT2D eigenvalue weighted by atomic mass is 19.1. The maximum Gasteiger partial charge on any atom is 0.318 e. The molecule has 0 radical (unpaired) electrons. The zero-order valence-electron chi connectivity index (χ0n) is 23.0. The Balaban J connectivity index is 1.70. The number of hydrogen-bond donors (Lipinski definition) is 3. The molecule has 3 aromatic rings. The number of aliphatic hydroxyl groups excluding tert-OH is 1. The van der Waals surface area contributed by atoms with Gasteiger partial charge < -0.3 is 20.5 Å². The predicted octanol–water partition coefficient (Wildman–Crippen LogP) is 6.00. The number of nitrogens with one attached hydrogen (secondary N) is 2. The minimum Gasteiger partial charge on any atom is -0.458 e. The molecule has 208 valence electrons. The normalized spacial score (nSPS) is 18.6. The van der Waals surface area contributed by atoms with Gasteiger partial charge in [-0.25, -0.2) is 9.18 Å². The van der Waals surface area contributed by atoms with Gasteiger partial charge in [0.2, 0.25) is 0 Å². The fourth-order valence-corrected chi connectivity index (χ4v) is 5.57. The van der Waals surface area contributed by atoms with Crippen LogP contribution in [0.15, 0.2) is 48.5 Å². The first kappa shape index (κ1) is 27.5. The molecule has 0 saturated carbocycles. The number of fused-ring (bicyclic) bond motifs is 3. The molecule has 0 spiro atoms. The molecular weight excluding hydrogens is 509 g/mol. The maximum absolute atomic E-state index is 14.0. The molecule has 1 aliphatic heterocycles. The summed E-state index contributed by atoms with van der Waals surface area (Å²) in [5.41, 5.74) is 8.42. The van der Waals surface area contributed by atoms with Crippen LogP contribution in [0.3, 0.4) is 0 Å². The molecule has 2 amide bonds. The average molecular weight is 544 g/mol. The van der Waals surface area contributed by atoms with Crippen LogP contribution in [0, 0.1) is 5.82 Å². The summed E-state index contributed by atoms with van der Waals surface area (Å²) in [6, 6.07) is 12.1. The molecule has 40 heavy (non-hydrogen) atoms. The van der Waals surface area contributed by atoms with E-state index in [1.807, 2.05) is 30.4 Å². The van der Waals surface area contributed by atoms with Gasteiger partial charge in [-0.2, -0.15) is 0 Å². The van der Waals surface area contributed by atoms with E-state index in [0.717, 1.165) is 64.0 Å². The third-order valence-electron chi connectivity index (χ3n) is 7.43. The third-order valence-corrected chi connectivity index (χ3v) is 7.43. The molecule has 5 rings (SSSR count). The fraction of sp³-hybridized carbons (Fsp3) is 0.344. The lowest BCUT2D eigenvalue weighted by atomic mass is 9.86. The minimum atomic E-state index is -0.735. The van der Waals surface area contributed by atoms with Gasteiger partial charge in [-0.3, -0.25) is 9.78 Å². The number of anilines is 1. The third kappa shape index (κ3) is 5.77. The molecule has 1 fully saturated rings. The van der Waals surface area contributed by atoms with Crippen LogP contribution in [-0.2, 0) is 22.4 Å². The van der Waals surface area contributed by atoms with Crippen molar-refractivity contribution in [3.05, 3.63) is 76.7 Å². The summed E-state index contributed by atoms with van der Waals surface area (Å²) < 4.78 is 19.5. The number of benzene rings is 2. The minimum absolute atomic E-state index is 0.00255. The summed E-state index contributed by atoms with van der Waals surface area (Å²) in [4.78, 5) is 29.1. The topological polar surface area (TPSA) is 101 Å². The summed E-state index contributed by atoms with van der Waals surface area (Å²) in [6.45, 7) is 4.16. The number of carbonyl (C=O) groups excluding carboxylic acids is 2. The van der Waals surface area contributed by atoms with E-state index in [0.29, 0.717) is 12.1 Å². The molecule has 7 nitrogen and oxygen atoms in total. The first-order valence-corrected chi connectivity index (χ1v) is 13.7. The number of hydrogen-bond acceptors (Lipinski definition) is 5. The number of ether oxygens (including phenoxy) is 1. The number of nitrogens with zero attached hydrogens (tertiary/aromatic N) is 1. The van der Waals surface area contributed by atoms with Crippen LogP contribution in [0.25, 0.3) is 28.5 Å². The summed E-state index contributed by atoms with van der Waals surface area (Å²) >= 11 is 0. The zero-order chi connectivity index (χ0) is 28.4. The van der Waals surface area contributed by atoms with Crippen LogP contribution < -0.4 is 10.6 Å². The first-order valence-electron chi connectivity index (χ1n) is 13.7. The van der Waals surface area contributed by atoms with Crippen LogP contribution in [0.5, 0.6) is 0 Å². The van der Waals surface area contributed by atoms with Gasteiger partial charge in [0, 0.05) is 30.3 Å². The highest BCUT2D eigenvalue weighted by Crippen LogP contribution is 2.42. The van der Waals surface area contributed by atoms with Gasteiger partial charge in [-0.05, 0) is 77.8 Å². The van der Waals surface area contributed by atoms with Crippen LogP contribution in [0.1, 0.15) is 61.4 Å². The molecule has 3 N–H and O–H groups in total. The van der Waals surface area contributed by atoms with Gasteiger partial charge in [-0.15, -0.1) is 0 Å². The molecular formula is C32H34FN3O4. The maximum atomic E-state index is 14.0. The monoisotopic (exact) mass is 543 g/mol. The van der Waals surface area contributed by atoms with E-state index < -0.39 is 18.2 Å². The number of cyclic esters (lactones) is 1. The van der Waals surface area contributed by atoms with Gasteiger partial charge in [-0.1, -0.05) is 38.1 Å². The van der Waals surface area contributed by atoms with Crippen molar-refractivity contribution < 1.29 is 23.8 Å². The lowest BCUT2D eigenvalue weighted by Gasteiger charge is -2.25. The number of urea groups is 1. The highest BCUT2D eigenvalue weighted by Gasteiger charge is 2.28. The Morgan fingerprint density at radius 1 is 1.18 bits per heavy atom. The van der Waals surface area contributed by atoms with Crippen molar-refractivity contribution in [2.75, 3.05) is 12.4 Å². The second-order valence-corrected chi connectivity index (χ2v) is 10.7. The molecule has 1 aromatic heterocycles. The Morgan fingerprint density at radius 2 is 1.95 bits per heavy atom. The van der Waals surface area contributed by atoms with E-state index in [9.17, 15) is 19.1 Å². The smallest absolute Gasteiger partial charge is 0.318 e. The second kappa shape index (κ2) is 11.6. The van der Waals surface area contributed by atoms with E-state index >= 15 is 0 Å². The van der Waals surface area contributed by atoms with Crippen molar-refractivity contribution in [3.63, 3.8) is 0 Å². The number of amides is 2. The van der Waals surface area contributed by atoms with E-state index in [2.05, 4.69) is 24.5 Å². The predicted molar refractivity (Wildman–Crippen MR) is 153 cm³/mol. The lowest BCUT2D eigenvalue weighted by molar-refractivity contribution is -0.156. The summed E-state index contributed by atoms with van der Waals surface area (Å²) in [5, 5.41) is 15.5. The summed E-state index contributed by atoms with van der Waals surface area (Å²) in [7, 11) is 1.58. The summed E-state index contributed by atoms with van der Waals surface area (Å²) in [5.74, 6) is -0.669. The number of aryl methyl sites for hydroxylation is 1. The van der Waals surface area contributed by atoms with Crippen molar-refractivity contribution >= 4 is 23.8 Å². The SMILES string of the molecule is CNC(=O)Nc1ccc2c(c1)CCCc1c-2nc(C(C)C)c(/C=C/[C@@H]2C[C@@H](O)CC(=O)O2)c1-c1ccc(F)cc1. The zero-order valence-corrected chi connectivity index (χ0v) is 23.0. The van der Waals surface area contributed by atoms with Crippen LogP contribution in [0.4, 0.5) is 14.9 Å². The Hall–Kier alpha value is -4.04. The lowest BCUT2D eigenvalue weighted by Crippen LogP contribution is -2.31. The highest BCUT2D eigenvalue weighted by molar-refractivity contribution is 5.90. The number of halogens is 1. The number of pyridine rings is 1. The van der Waals surface area contributed by atoms with Crippen LogP contribution in [-0.4, -0.2) is 41.3 Å². The van der Waals surface area contributed by atoms with Gasteiger partial charge in [0.25, 0.3) is 0 Å². The standard InChI is InChI=1S/C32H34FN3O4/c1-18(2)30-27(14-12-24-16-23(37)17-28(38)40-24)29(19-7-9-21(33)10-8-19)26-6-4-5-20-15-22(35-32(39)34-3)11-13-25(20)31(26)36-30/h7-15,18,23-24,37H,4-6,16-17H2,1-3H3,(H2,34,35,39)/b14-12+/t23-,24-/m1/s1. The second-order valence-electron chi connectivity index (χ2n) is 10.7. The Morgan fingerprint density at radius 3 is 2.65 bits per heavy atom. The first-order chi connectivity index (χ1) is 19.2. The van der Waals surface area contributed by atoms with Crippen molar-refractivity contribution in [2.45, 2.75) is 64.1 Å². The number of aliphatic hydroxyl groups is 1. The fourth-order valence-electron chi connectivity index (χ4n) is 5.57. The summed E-state index contributed by atoms with van der Waals surface area (Å²) in [6.07, 6.45) is 5.28. The van der Waals surface area contributed by atoms with E-state index in [1.54, 1.807) is 19.2 Å². The van der Waals surface area contributed by atoms with E-state index in [4.69, 9.17) is 9.72 Å². The molecule has 0 unspecified atom stereocenters.